The van der Waals surface area contributed by atoms with Crippen molar-refractivity contribution in [1.29, 1.82) is 0 Å². The Morgan fingerprint density at radius 2 is 1.50 bits per heavy atom. The summed E-state index contributed by atoms with van der Waals surface area (Å²) in [6.45, 7) is 5.68. The predicted molar refractivity (Wildman–Crippen MR) is 87.4 cm³/mol. The number of aliphatic hydroxyl groups excluding tert-OH is 1. The summed E-state index contributed by atoms with van der Waals surface area (Å²) >= 11 is 0. The number of carbonyl (C=O) groups is 1. The van der Waals surface area contributed by atoms with Gasteiger partial charge in [0.2, 0.25) is 0 Å². The second-order valence-electron chi connectivity index (χ2n) is 4.97. The van der Waals surface area contributed by atoms with Crippen LogP contribution in [0, 0.1) is 0 Å². The van der Waals surface area contributed by atoms with Gasteiger partial charge in [-0.05, 0) is 24.6 Å². The zero-order valence-corrected chi connectivity index (χ0v) is 14.0. The van der Waals surface area contributed by atoms with Crippen LogP contribution >= 0.6 is 0 Å². The van der Waals surface area contributed by atoms with Crippen LogP contribution in [0.5, 0.6) is 5.75 Å². The van der Waals surface area contributed by atoms with E-state index in [2.05, 4.69) is 0 Å². The maximum Gasteiger partial charge on any atom is 0.332 e. The van der Waals surface area contributed by atoms with Crippen LogP contribution in [0.4, 0.5) is 0 Å². The van der Waals surface area contributed by atoms with Gasteiger partial charge in [-0.1, -0.05) is 12.1 Å². The molecule has 1 aromatic rings. The largest absolute Gasteiger partial charge is 0.491 e. The van der Waals surface area contributed by atoms with Crippen molar-refractivity contribution in [1.82, 2.24) is 0 Å². The van der Waals surface area contributed by atoms with E-state index in [1.54, 1.807) is 24.3 Å². The fourth-order valence-corrected chi connectivity index (χ4v) is 1.83. The number of rotatable bonds is 14. The van der Waals surface area contributed by atoms with Crippen LogP contribution in [0.3, 0.4) is 0 Å². The zero-order chi connectivity index (χ0) is 17.6. The topological polar surface area (TPSA) is 94.5 Å². The molecule has 0 unspecified atom stereocenters. The van der Waals surface area contributed by atoms with Crippen molar-refractivity contribution >= 4 is 5.97 Å². The third-order valence-electron chi connectivity index (χ3n) is 3.08. The number of carboxylic acids is 1. The van der Waals surface area contributed by atoms with Crippen LogP contribution in [0.25, 0.3) is 0 Å². The number of hydrogen-bond acceptors (Lipinski definition) is 6. The maximum atomic E-state index is 10.6. The third kappa shape index (κ3) is 9.46. The predicted octanol–water partition coefficient (Wildman–Crippen LogP) is 1.12. The Morgan fingerprint density at radius 3 is 2.04 bits per heavy atom. The van der Waals surface area contributed by atoms with Crippen molar-refractivity contribution in [2.45, 2.75) is 19.4 Å². The number of aliphatic carboxylic acids is 1. The Kier molecular flexibility index (Phi) is 10.8. The second kappa shape index (κ2) is 12.7. The molecular weight excluding hydrogens is 316 g/mol. The molecule has 7 heteroatoms. The molecule has 24 heavy (non-hydrogen) atoms. The minimum absolute atomic E-state index is 0.0714. The highest BCUT2D eigenvalue weighted by molar-refractivity contribution is 5.72. The van der Waals surface area contributed by atoms with Gasteiger partial charge < -0.3 is 29.2 Å². The molecule has 0 spiro atoms. The summed E-state index contributed by atoms with van der Waals surface area (Å²) in [5.74, 6) is -0.561. The van der Waals surface area contributed by atoms with Crippen LogP contribution in [0.15, 0.2) is 24.3 Å². The lowest BCUT2D eigenvalue weighted by Gasteiger charge is -2.09. The number of ether oxygens (including phenoxy) is 4. The molecule has 1 aromatic carbocycles. The summed E-state index contributed by atoms with van der Waals surface area (Å²) in [6.07, 6.45) is -1.32. The van der Waals surface area contributed by atoms with Gasteiger partial charge in [0.25, 0.3) is 0 Å². The van der Waals surface area contributed by atoms with E-state index < -0.39 is 12.1 Å². The molecule has 7 nitrogen and oxygen atoms in total. The Bertz CT molecular complexity index is 447. The van der Waals surface area contributed by atoms with Gasteiger partial charge in [-0.15, -0.1) is 0 Å². The molecule has 0 saturated carbocycles. The first-order chi connectivity index (χ1) is 11.6. The van der Waals surface area contributed by atoms with E-state index in [-0.39, 0.29) is 6.42 Å². The van der Waals surface area contributed by atoms with Crippen molar-refractivity contribution < 1.29 is 34.0 Å². The summed E-state index contributed by atoms with van der Waals surface area (Å²) in [5, 5.41) is 17.9. The molecule has 0 aliphatic carbocycles. The standard InChI is InChI=1S/C17H26O7/c1-2-21-7-8-22-9-10-23-11-12-24-15-5-3-14(4-6-15)13-16(18)17(19)20/h3-6,16,18H,2,7-13H2,1H3,(H,19,20)/t16-/m1/s1. The molecule has 0 aliphatic rings. The molecule has 0 aromatic heterocycles. The summed E-state index contributed by atoms with van der Waals surface area (Å²) in [6, 6.07) is 6.94. The lowest BCUT2D eigenvalue weighted by Crippen LogP contribution is -2.21. The molecule has 0 bridgehead atoms. The molecule has 0 aliphatic heterocycles. The lowest BCUT2D eigenvalue weighted by atomic mass is 10.1. The molecule has 1 atom stereocenters. The number of carboxylic acid groups (broad SMARTS) is 1. The summed E-state index contributed by atoms with van der Waals surface area (Å²) < 4.78 is 21.3. The Hall–Kier alpha value is -1.67. The maximum absolute atomic E-state index is 10.6. The quantitative estimate of drug-likeness (QED) is 0.489. The van der Waals surface area contributed by atoms with Gasteiger partial charge in [0.05, 0.1) is 33.0 Å². The van der Waals surface area contributed by atoms with Crippen molar-refractivity contribution in [2.75, 3.05) is 46.2 Å². The molecule has 0 fully saturated rings. The van der Waals surface area contributed by atoms with Gasteiger partial charge in [0.15, 0.2) is 6.10 Å². The second-order valence-corrected chi connectivity index (χ2v) is 4.97. The van der Waals surface area contributed by atoms with Gasteiger partial charge in [0, 0.05) is 13.0 Å². The molecular formula is C17H26O7. The third-order valence-corrected chi connectivity index (χ3v) is 3.08. The smallest absolute Gasteiger partial charge is 0.332 e. The monoisotopic (exact) mass is 342 g/mol. The van der Waals surface area contributed by atoms with Gasteiger partial charge >= 0.3 is 5.97 Å². The minimum Gasteiger partial charge on any atom is -0.491 e. The van der Waals surface area contributed by atoms with Crippen molar-refractivity contribution in [3.63, 3.8) is 0 Å². The van der Waals surface area contributed by atoms with Crippen molar-refractivity contribution in [2.24, 2.45) is 0 Å². The van der Waals surface area contributed by atoms with Crippen LogP contribution in [0.2, 0.25) is 0 Å². The van der Waals surface area contributed by atoms with Gasteiger partial charge in [-0.2, -0.15) is 0 Å². The normalized spacial score (nSPS) is 12.1. The summed E-state index contributed by atoms with van der Waals surface area (Å²) in [5.41, 5.74) is 0.734. The Morgan fingerprint density at radius 1 is 0.958 bits per heavy atom. The SMILES string of the molecule is CCOCCOCCOCCOc1ccc(C[C@@H](O)C(=O)O)cc1. The van der Waals surface area contributed by atoms with Gasteiger partial charge in [-0.25, -0.2) is 4.79 Å². The first kappa shape index (κ1) is 20.4. The number of benzene rings is 1. The van der Waals surface area contributed by atoms with E-state index >= 15 is 0 Å². The Balaban J connectivity index is 2.06. The van der Waals surface area contributed by atoms with Crippen molar-refractivity contribution in [3.05, 3.63) is 29.8 Å². The van der Waals surface area contributed by atoms with E-state index in [0.29, 0.717) is 52.0 Å². The number of aliphatic hydroxyl groups is 1. The van der Waals surface area contributed by atoms with Gasteiger partial charge in [0.1, 0.15) is 12.4 Å². The van der Waals surface area contributed by atoms with E-state index in [0.717, 1.165) is 5.56 Å². The first-order valence-corrected chi connectivity index (χ1v) is 7.99. The first-order valence-electron chi connectivity index (χ1n) is 7.99. The molecule has 1 rings (SSSR count). The molecule has 136 valence electrons. The average molecular weight is 342 g/mol. The highest BCUT2D eigenvalue weighted by atomic mass is 16.6. The zero-order valence-electron chi connectivity index (χ0n) is 14.0. The fraction of sp³-hybridized carbons (Fsp3) is 0.588. The minimum atomic E-state index is -1.39. The molecule has 0 amide bonds. The van der Waals surface area contributed by atoms with Crippen LogP contribution in [-0.2, 0) is 25.4 Å². The molecule has 0 radical (unpaired) electrons. The van der Waals surface area contributed by atoms with Crippen LogP contribution in [0.1, 0.15) is 12.5 Å². The van der Waals surface area contributed by atoms with Crippen LogP contribution < -0.4 is 4.74 Å². The molecule has 0 saturated heterocycles. The molecule has 0 heterocycles. The van der Waals surface area contributed by atoms with Crippen LogP contribution in [-0.4, -0.2) is 68.5 Å². The van der Waals surface area contributed by atoms with E-state index in [1.807, 2.05) is 6.92 Å². The van der Waals surface area contributed by atoms with E-state index in [9.17, 15) is 9.90 Å². The molecule has 2 N–H and O–H groups in total. The number of hydrogen-bond donors (Lipinski definition) is 2. The lowest BCUT2D eigenvalue weighted by molar-refractivity contribution is -0.146. The van der Waals surface area contributed by atoms with E-state index in [1.165, 1.54) is 0 Å². The highest BCUT2D eigenvalue weighted by Crippen LogP contribution is 2.13. The average Bonchev–Trinajstić information content (AvgIpc) is 2.58. The Labute approximate surface area is 142 Å². The summed E-state index contributed by atoms with van der Waals surface area (Å²) in [7, 11) is 0. The van der Waals surface area contributed by atoms with Crippen molar-refractivity contribution in [3.8, 4) is 5.75 Å². The van der Waals surface area contributed by atoms with E-state index in [4.69, 9.17) is 24.1 Å². The van der Waals surface area contributed by atoms with Gasteiger partial charge in [-0.3, -0.25) is 0 Å². The fourth-order valence-electron chi connectivity index (χ4n) is 1.83. The summed E-state index contributed by atoms with van der Waals surface area (Å²) in [4.78, 5) is 10.6. The highest BCUT2D eigenvalue weighted by Gasteiger charge is 2.13.